The third-order valence-electron chi connectivity index (χ3n) is 2.50. The Bertz CT molecular complexity index is 644. The van der Waals surface area contributed by atoms with Crippen molar-refractivity contribution < 1.29 is 0 Å². The Hall–Kier alpha value is -2.76. The molecule has 0 radical (unpaired) electrons. The molecule has 3 rings (SSSR count). The van der Waals surface area contributed by atoms with E-state index in [1.807, 2.05) is 30.3 Å². The Labute approximate surface area is 103 Å². The van der Waals surface area contributed by atoms with Gasteiger partial charge in [0.25, 0.3) is 0 Å². The maximum absolute atomic E-state index is 5.52. The lowest BCUT2D eigenvalue weighted by molar-refractivity contribution is 0.804. The van der Waals surface area contributed by atoms with Crippen LogP contribution < -0.4 is 5.73 Å². The van der Waals surface area contributed by atoms with Gasteiger partial charge in [0.05, 0.1) is 11.9 Å². The summed E-state index contributed by atoms with van der Waals surface area (Å²) >= 11 is 0. The highest BCUT2D eigenvalue weighted by Crippen LogP contribution is 2.18. The minimum atomic E-state index is 0.387. The van der Waals surface area contributed by atoms with Crippen molar-refractivity contribution in [2.24, 2.45) is 0 Å². The Balaban J connectivity index is 2.10. The standard InChI is InChI=1S/C12H10N6/c13-12-7-6-10(15-16-12)11-8-14-17-18(11)9-4-2-1-3-5-9/h1-8H,(H2,13,16). The maximum atomic E-state index is 5.52. The fourth-order valence-electron chi connectivity index (χ4n) is 1.65. The topological polar surface area (TPSA) is 82.5 Å². The molecule has 0 fully saturated rings. The molecule has 0 bridgehead atoms. The summed E-state index contributed by atoms with van der Waals surface area (Å²) in [5.41, 5.74) is 7.89. The molecule has 2 aromatic heterocycles. The van der Waals surface area contributed by atoms with E-state index < -0.39 is 0 Å². The van der Waals surface area contributed by atoms with E-state index in [0.29, 0.717) is 11.5 Å². The van der Waals surface area contributed by atoms with E-state index in [2.05, 4.69) is 20.5 Å². The monoisotopic (exact) mass is 238 g/mol. The molecule has 6 heteroatoms. The lowest BCUT2D eigenvalue weighted by Crippen LogP contribution is -2.01. The third-order valence-corrected chi connectivity index (χ3v) is 2.50. The minimum Gasteiger partial charge on any atom is -0.382 e. The van der Waals surface area contributed by atoms with Crippen LogP contribution >= 0.6 is 0 Å². The van der Waals surface area contributed by atoms with E-state index >= 15 is 0 Å². The van der Waals surface area contributed by atoms with Crippen LogP contribution in [0.3, 0.4) is 0 Å². The summed E-state index contributed by atoms with van der Waals surface area (Å²) in [5.74, 6) is 0.387. The molecule has 0 unspecified atom stereocenters. The zero-order chi connectivity index (χ0) is 12.4. The molecule has 0 aliphatic carbocycles. The highest BCUT2D eigenvalue weighted by atomic mass is 15.4. The van der Waals surface area contributed by atoms with Gasteiger partial charge in [-0.2, -0.15) is 0 Å². The van der Waals surface area contributed by atoms with Gasteiger partial charge in [-0.25, -0.2) is 4.68 Å². The van der Waals surface area contributed by atoms with Gasteiger partial charge in [-0.1, -0.05) is 23.4 Å². The van der Waals surface area contributed by atoms with Crippen LogP contribution in [0, 0.1) is 0 Å². The van der Waals surface area contributed by atoms with E-state index in [4.69, 9.17) is 5.73 Å². The van der Waals surface area contributed by atoms with Gasteiger partial charge in [0.1, 0.15) is 17.2 Å². The summed E-state index contributed by atoms with van der Waals surface area (Å²) in [5, 5.41) is 15.8. The lowest BCUT2D eigenvalue weighted by Gasteiger charge is -2.04. The van der Waals surface area contributed by atoms with Crippen LogP contribution in [-0.4, -0.2) is 25.2 Å². The fourth-order valence-corrected chi connectivity index (χ4v) is 1.65. The molecular weight excluding hydrogens is 228 g/mol. The van der Waals surface area contributed by atoms with Gasteiger partial charge < -0.3 is 5.73 Å². The number of nitrogens with two attached hydrogens (primary N) is 1. The van der Waals surface area contributed by atoms with Gasteiger partial charge in [0.2, 0.25) is 0 Å². The predicted molar refractivity (Wildman–Crippen MR) is 66.8 cm³/mol. The normalized spacial score (nSPS) is 10.4. The fraction of sp³-hybridized carbons (Fsp3) is 0. The van der Waals surface area contributed by atoms with Crippen LogP contribution in [0.5, 0.6) is 0 Å². The van der Waals surface area contributed by atoms with Crippen molar-refractivity contribution in [2.75, 3.05) is 5.73 Å². The van der Waals surface area contributed by atoms with Crippen molar-refractivity contribution >= 4 is 5.82 Å². The third kappa shape index (κ3) is 1.80. The second-order valence-electron chi connectivity index (χ2n) is 3.71. The first-order chi connectivity index (χ1) is 8.84. The Morgan fingerprint density at radius 2 is 1.78 bits per heavy atom. The van der Waals surface area contributed by atoms with Crippen LogP contribution in [-0.2, 0) is 0 Å². The summed E-state index contributed by atoms with van der Waals surface area (Å²) in [6.45, 7) is 0. The molecule has 2 heterocycles. The summed E-state index contributed by atoms with van der Waals surface area (Å²) in [7, 11) is 0. The van der Waals surface area contributed by atoms with Crippen LogP contribution in [0.1, 0.15) is 0 Å². The first-order valence-corrected chi connectivity index (χ1v) is 5.40. The molecule has 0 saturated heterocycles. The van der Waals surface area contributed by atoms with Crippen molar-refractivity contribution in [1.29, 1.82) is 0 Å². The van der Waals surface area contributed by atoms with E-state index in [1.54, 1.807) is 23.0 Å². The molecular formula is C12H10N6. The maximum Gasteiger partial charge on any atom is 0.146 e. The molecule has 0 atom stereocenters. The number of anilines is 1. The van der Waals surface area contributed by atoms with Crippen molar-refractivity contribution in [2.45, 2.75) is 0 Å². The van der Waals surface area contributed by atoms with Gasteiger partial charge in [-0.3, -0.25) is 0 Å². The number of aromatic nitrogens is 5. The number of nitrogen functional groups attached to an aromatic ring is 1. The highest BCUT2D eigenvalue weighted by Gasteiger charge is 2.09. The quantitative estimate of drug-likeness (QED) is 0.727. The Morgan fingerprint density at radius 1 is 0.944 bits per heavy atom. The van der Waals surface area contributed by atoms with Crippen molar-refractivity contribution in [3.8, 4) is 17.1 Å². The predicted octanol–water partition coefficient (Wildman–Crippen LogP) is 1.31. The molecule has 88 valence electrons. The Morgan fingerprint density at radius 3 is 2.50 bits per heavy atom. The van der Waals surface area contributed by atoms with Crippen molar-refractivity contribution in [3.05, 3.63) is 48.7 Å². The second-order valence-corrected chi connectivity index (χ2v) is 3.71. The highest BCUT2D eigenvalue weighted by molar-refractivity contribution is 5.56. The molecule has 2 N–H and O–H groups in total. The molecule has 1 aromatic carbocycles. The molecule has 3 aromatic rings. The number of rotatable bonds is 2. The second kappa shape index (κ2) is 4.25. The average molecular weight is 238 g/mol. The largest absolute Gasteiger partial charge is 0.382 e. The van der Waals surface area contributed by atoms with Crippen LogP contribution in [0.25, 0.3) is 17.1 Å². The van der Waals surface area contributed by atoms with Crippen molar-refractivity contribution in [1.82, 2.24) is 25.2 Å². The Kier molecular flexibility index (Phi) is 2.45. The van der Waals surface area contributed by atoms with Crippen LogP contribution in [0.2, 0.25) is 0 Å². The van der Waals surface area contributed by atoms with Gasteiger partial charge in [0.15, 0.2) is 0 Å². The van der Waals surface area contributed by atoms with E-state index in [-0.39, 0.29) is 0 Å². The molecule has 6 nitrogen and oxygen atoms in total. The molecule has 0 aliphatic rings. The van der Waals surface area contributed by atoms with Gasteiger partial charge in [0, 0.05) is 0 Å². The molecule has 0 amide bonds. The smallest absolute Gasteiger partial charge is 0.146 e. The number of nitrogens with zero attached hydrogens (tertiary/aromatic N) is 5. The van der Waals surface area contributed by atoms with Crippen molar-refractivity contribution in [3.63, 3.8) is 0 Å². The number of para-hydroxylation sites is 1. The van der Waals surface area contributed by atoms with Crippen LogP contribution in [0.15, 0.2) is 48.7 Å². The lowest BCUT2D eigenvalue weighted by atomic mass is 10.2. The van der Waals surface area contributed by atoms with E-state index in [9.17, 15) is 0 Å². The number of benzene rings is 1. The zero-order valence-corrected chi connectivity index (χ0v) is 9.43. The zero-order valence-electron chi connectivity index (χ0n) is 9.43. The first kappa shape index (κ1) is 10.4. The average Bonchev–Trinajstić information content (AvgIpc) is 2.90. The first-order valence-electron chi connectivity index (χ1n) is 5.40. The van der Waals surface area contributed by atoms with Crippen LogP contribution in [0.4, 0.5) is 5.82 Å². The summed E-state index contributed by atoms with van der Waals surface area (Å²) in [6.07, 6.45) is 1.65. The summed E-state index contributed by atoms with van der Waals surface area (Å²) in [4.78, 5) is 0. The van der Waals surface area contributed by atoms with E-state index in [1.165, 1.54) is 0 Å². The molecule has 0 spiro atoms. The van der Waals surface area contributed by atoms with Gasteiger partial charge in [-0.15, -0.1) is 15.3 Å². The summed E-state index contributed by atoms with van der Waals surface area (Å²) in [6, 6.07) is 13.2. The van der Waals surface area contributed by atoms with Gasteiger partial charge in [-0.05, 0) is 24.3 Å². The SMILES string of the molecule is Nc1ccc(-c2cnnn2-c2ccccc2)nn1. The summed E-state index contributed by atoms with van der Waals surface area (Å²) < 4.78 is 1.71. The number of hydrogen-bond donors (Lipinski definition) is 1. The molecule has 0 saturated carbocycles. The molecule has 18 heavy (non-hydrogen) atoms. The van der Waals surface area contributed by atoms with Gasteiger partial charge >= 0.3 is 0 Å². The molecule has 0 aliphatic heterocycles. The number of hydrogen-bond acceptors (Lipinski definition) is 5. The van der Waals surface area contributed by atoms with E-state index in [0.717, 1.165) is 11.4 Å². The minimum absolute atomic E-state index is 0.387.